The SMILES string of the molecule is Cc1ccc(C2CC(=O)c3cnc4c(-c5ccc(Cl)cc5)c(C)nn4c3C2)cc1. The molecule has 0 saturated heterocycles. The van der Waals surface area contributed by atoms with Gasteiger partial charge in [-0.2, -0.15) is 5.10 Å². The Morgan fingerprint density at radius 3 is 2.45 bits per heavy atom. The van der Waals surface area contributed by atoms with Gasteiger partial charge < -0.3 is 0 Å². The van der Waals surface area contributed by atoms with Gasteiger partial charge in [-0.3, -0.25) is 4.79 Å². The van der Waals surface area contributed by atoms with Crippen molar-refractivity contribution in [1.82, 2.24) is 14.6 Å². The predicted molar refractivity (Wildman–Crippen MR) is 115 cm³/mol. The number of nitrogens with zero attached hydrogens (tertiary/aromatic N) is 3. The molecule has 0 bridgehead atoms. The molecule has 1 atom stereocenters. The number of halogens is 1. The number of carbonyl (C=O) groups is 1. The number of ketones is 1. The molecule has 0 amide bonds. The van der Waals surface area contributed by atoms with Crippen LogP contribution in [0.5, 0.6) is 0 Å². The second kappa shape index (κ2) is 6.82. The summed E-state index contributed by atoms with van der Waals surface area (Å²) in [6, 6.07) is 16.2. The van der Waals surface area contributed by atoms with Crippen LogP contribution in [0.15, 0.2) is 54.7 Å². The van der Waals surface area contributed by atoms with Crippen molar-refractivity contribution in [1.29, 1.82) is 0 Å². The first-order valence-corrected chi connectivity index (χ1v) is 10.1. The number of aromatic nitrogens is 3. The second-order valence-electron chi connectivity index (χ2n) is 7.76. The van der Waals surface area contributed by atoms with Gasteiger partial charge >= 0.3 is 0 Å². The van der Waals surface area contributed by atoms with Gasteiger partial charge in [0.15, 0.2) is 11.4 Å². The Bertz CT molecular complexity index is 1240. The van der Waals surface area contributed by atoms with Gasteiger partial charge in [-0.25, -0.2) is 9.50 Å². The first-order chi connectivity index (χ1) is 14.0. The smallest absolute Gasteiger partial charge is 0.166 e. The molecule has 0 spiro atoms. The molecule has 0 aliphatic heterocycles. The maximum absolute atomic E-state index is 12.9. The number of rotatable bonds is 2. The zero-order valence-electron chi connectivity index (χ0n) is 16.3. The van der Waals surface area contributed by atoms with E-state index in [0.29, 0.717) is 17.0 Å². The predicted octanol–water partition coefficient (Wildman–Crippen LogP) is 5.58. The molecule has 5 rings (SSSR count). The molecule has 0 fully saturated rings. The number of carbonyl (C=O) groups excluding carboxylic acids is 1. The lowest BCUT2D eigenvalue weighted by atomic mass is 9.82. The normalized spacial score (nSPS) is 16.2. The molecule has 0 radical (unpaired) electrons. The summed E-state index contributed by atoms with van der Waals surface area (Å²) in [7, 11) is 0. The molecule has 4 aromatic rings. The summed E-state index contributed by atoms with van der Waals surface area (Å²) in [5.74, 6) is 0.289. The average molecular weight is 402 g/mol. The molecule has 1 aliphatic carbocycles. The molecule has 29 heavy (non-hydrogen) atoms. The highest BCUT2D eigenvalue weighted by molar-refractivity contribution is 6.30. The van der Waals surface area contributed by atoms with Gasteiger partial charge in [-0.1, -0.05) is 53.6 Å². The van der Waals surface area contributed by atoms with E-state index >= 15 is 0 Å². The summed E-state index contributed by atoms with van der Waals surface area (Å²) in [4.78, 5) is 17.5. The van der Waals surface area contributed by atoms with E-state index < -0.39 is 0 Å². The van der Waals surface area contributed by atoms with E-state index in [-0.39, 0.29) is 11.7 Å². The standard InChI is InChI=1S/C24H20ClN3O/c1-14-3-5-16(6-4-14)18-11-21-20(22(29)12-18)13-26-24-23(15(2)27-28(21)24)17-7-9-19(25)10-8-17/h3-10,13,18H,11-12H2,1-2H3. The van der Waals surface area contributed by atoms with E-state index in [0.717, 1.165) is 34.6 Å². The molecular formula is C24H20ClN3O. The topological polar surface area (TPSA) is 47.3 Å². The number of Topliss-reactive ketones (excluding diaryl/α,β-unsaturated/α-hetero) is 1. The fourth-order valence-corrected chi connectivity index (χ4v) is 4.36. The lowest BCUT2D eigenvalue weighted by molar-refractivity contribution is 0.0962. The minimum atomic E-state index is 0.132. The lowest BCUT2D eigenvalue weighted by Gasteiger charge is -2.24. The highest BCUT2D eigenvalue weighted by Gasteiger charge is 2.30. The Balaban J connectivity index is 1.65. The van der Waals surface area contributed by atoms with Crippen LogP contribution in [0.1, 0.15) is 45.2 Å². The molecule has 144 valence electrons. The van der Waals surface area contributed by atoms with Crippen LogP contribution in [-0.2, 0) is 6.42 Å². The number of hydrogen-bond donors (Lipinski definition) is 0. The molecule has 2 aromatic carbocycles. The van der Waals surface area contributed by atoms with Crippen molar-refractivity contribution in [3.63, 3.8) is 0 Å². The zero-order valence-corrected chi connectivity index (χ0v) is 17.1. The van der Waals surface area contributed by atoms with E-state index in [9.17, 15) is 4.79 Å². The van der Waals surface area contributed by atoms with Gasteiger partial charge in [0, 0.05) is 23.2 Å². The molecule has 0 saturated carbocycles. The summed E-state index contributed by atoms with van der Waals surface area (Å²) in [5.41, 5.74) is 7.71. The largest absolute Gasteiger partial charge is 0.294 e. The van der Waals surface area contributed by atoms with Crippen LogP contribution in [0.4, 0.5) is 0 Å². The minimum Gasteiger partial charge on any atom is -0.294 e. The highest BCUT2D eigenvalue weighted by Crippen LogP contribution is 2.35. The first kappa shape index (κ1) is 18.1. The van der Waals surface area contributed by atoms with E-state index in [1.54, 1.807) is 6.20 Å². The Labute approximate surface area is 174 Å². The van der Waals surface area contributed by atoms with E-state index in [2.05, 4.69) is 36.2 Å². The molecule has 0 N–H and O–H groups in total. The van der Waals surface area contributed by atoms with Crippen LogP contribution in [0.3, 0.4) is 0 Å². The maximum atomic E-state index is 12.9. The van der Waals surface area contributed by atoms with Gasteiger partial charge in [-0.15, -0.1) is 0 Å². The van der Waals surface area contributed by atoms with Crippen molar-refractivity contribution in [3.8, 4) is 11.1 Å². The third-order valence-electron chi connectivity index (χ3n) is 5.77. The van der Waals surface area contributed by atoms with Gasteiger partial charge in [0.1, 0.15) is 0 Å². The van der Waals surface area contributed by atoms with Crippen molar-refractivity contribution in [2.24, 2.45) is 0 Å². The molecule has 1 aliphatic rings. The average Bonchev–Trinajstić information content (AvgIpc) is 3.05. The number of benzene rings is 2. The molecule has 2 heterocycles. The number of hydrogen-bond acceptors (Lipinski definition) is 3. The summed E-state index contributed by atoms with van der Waals surface area (Å²) >= 11 is 6.05. The third kappa shape index (κ3) is 3.04. The van der Waals surface area contributed by atoms with Gasteiger partial charge in [0.2, 0.25) is 0 Å². The number of fused-ring (bicyclic) bond motifs is 3. The Kier molecular flexibility index (Phi) is 4.25. The zero-order chi connectivity index (χ0) is 20.1. The van der Waals surface area contributed by atoms with Crippen molar-refractivity contribution >= 4 is 23.0 Å². The Hall–Kier alpha value is -2.98. The molecule has 5 heteroatoms. The van der Waals surface area contributed by atoms with Gasteiger partial charge in [0.05, 0.1) is 17.0 Å². The van der Waals surface area contributed by atoms with Crippen LogP contribution in [0, 0.1) is 13.8 Å². The Morgan fingerprint density at radius 2 is 1.72 bits per heavy atom. The van der Waals surface area contributed by atoms with E-state index in [1.165, 1.54) is 11.1 Å². The van der Waals surface area contributed by atoms with Crippen LogP contribution in [0.25, 0.3) is 16.8 Å². The van der Waals surface area contributed by atoms with Gasteiger partial charge in [-0.05, 0) is 49.4 Å². The highest BCUT2D eigenvalue weighted by atomic mass is 35.5. The summed E-state index contributed by atoms with van der Waals surface area (Å²) < 4.78 is 1.87. The van der Waals surface area contributed by atoms with Crippen LogP contribution in [-0.4, -0.2) is 20.4 Å². The fourth-order valence-electron chi connectivity index (χ4n) is 4.23. The summed E-state index contributed by atoms with van der Waals surface area (Å²) in [5, 5.41) is 5.47. The van der Waals surface area contributed by atoms with Crippen molar-refractivity contribution in [2.45, 2.75) is 32.6 Å². The Morgan fingerprint density at radius 1 is 1.00 bits per heavy atom. The molecule has 4 nitrogen and oxygen atoms in total. The van der Waals surface area contributed by atoms with Crippen LogP contribution in [0.2, 0.25) is 5.02 Å². The molecular weight excluding hydrogens is 382 g/mol. The molecule has 1 unspecified atom stereocenters. The first-order valence-electron chi connectivity index (χ1n) is 9.74. The summed E-state index contributed by atoms with van der Waals surface area (Å²) in [6.07, 6.45) is 3.00. The van der Waals surface area contributed by atoms with Crippen LogP contribution < -0.4 is 0 Å². The molecule has 2 aromatic heterocycles. The quantitative estimate of drug-likeness (QED) is 0.440. The monoisotopic (exact) mass is 401 g/mol. The fraction of sp³-hybridized carbons (Fsp3) is 0.208. The lowest BCUT2D eigenvalue weighted by Crippen LogP contribution is -2.22. The number of aryl methyl sites for hydroxylation is 2. The van der Waals surface area contributed by atoms with E-state index in [4.69, 9.17) is 16.7 Å². The van der Waals surface area contributed by atoms with Crippen LogP contribution >= 0.6 is 11.6 Å². The maximum Gasteiger partial charge on any atom is 0.166 e. The van der Waals surface area contributed by atoms with Crippen molar-refractivity contribution in [3.05, 3.63) is 87.8 Å². The second-order valence-corrected chi connectivity index (χ2v) is 8.20. The van der Waals surface area contributed by atoms with Crippen molar-refractivity contribution < 1.29 is 4.79 Å². The third-order valence-corrected chi connectivity index (χ3v) is 6.02. The van der Waals surface area contributed by atoms with Crippen molar-refractivity contribution in [2.75, 3.05) is 0 Å². The van der Waals surface area contributed by atoms with E-state index in [1.807, 2.05) is 35.7 Å². The minimum absolute atomic E-state index is 0.132. The van der Waals surface area contributed by atoms with Gasteiger partial charge in [0.25, 0.3) is 0 Å². The summed E-state index contributed by atoms with van der Waals surface area (Å²) in [6.45, 7) is 4.05.